The van der Waals surface area contributed by atoms with Gasteiger partial charge in [-0.05, 0) is 37.0 Å². The van der Waals surface area contributed by atoms with Crippen molar-refractivity contribution in [3.8, 4) is 11.1 Å². The molecule has 0 radical (unpaired) electrons. The third kappa shape index (κ3) is 4.20. The number of ether oxygens (including phenoxy) is 1. The Morgan fingerprint density at radius 3 is 2.19 bits per heavy atom. The summed E-state index contributed by atoms with van der Waals surface area (Å²) < 4.78 is 6.88. The molecule has 0 atom stereocenters. The number of methoxy groups -OCH3 is 1. The average Bonchev–Trinajstić information content (AvgIpc) is 2.99. The maximum atomic E-state index is 12.4. The number of aryl methyl sites for hydroxylation is 3. The molecule has 0 bridgehead atoms. The van der Waals surface area contributed by atoms with Crippen molar-refractivity contribution in [2.24, 2.45) is 7.05 Å². The van der Waals surface area contributed by atoms with Crippen molar-refractivity contribution in [2.75, 3.05) is 7.11 Å². The summed E-state index contributed by atoms with van der Waals surface area (Å²) in [5.74, 6) is -0.318. The molecular weight excluding hydrogens is 334 g/mol. The zero-order valence-electron chi connectivity index (χ0n) is 16.3. The molecule has 138 valence electrons. The van der Waals surface area contributed by atoms with Crippen LogP contribution in [-0.2, 0) is 18.2 Å². The molecule has 27 heavy (non-hydrogen) atoms. The van der Waals surface area contributed by atoms with Crippen LogP contribution in [0.4, 0.5) is 0 Å². The predicted octanol–water partition coefficient (Wildman–Crippen LogP) is 5.35. The van der Waals surface area contributed by atoms with E-state index in [1.54, 1.807) is 0 Å². The highest BCUT2D eigenvalue weighted by molar-refractivity contribution is 5.97. The summed E-state index contributed by atoms with van der Waals surface area (Å²) in [6, 6.07) is 16.7. The summed E-state index contributed by atoms with van der Waals surface area (Å²) >= 11 is 0. The molecule has 0 amide bonds. The van der Waals surface area contributed by atoms with Crippen molar-refractivity contribution in [3.05, 3.63) is 88.8 Å². The quantitative estimate of drug-likeness (QED) is 0.575. The Bertz CT molecular complexity index is 961. The number of rotatable bonds is 5. The van der Waals surface area contributed by atoms with E-state index in [1.165, 1.54) is 23.8 Å². The normalized spacial score (nSPS) is 11.1. The van der Waals surface area contributed by atoms with Crippen molar-refractivity contribution in [1.82, 2.24) is 4.57 Å². The number of hydrogen-bond donors (Lipinski definition) is 0. The predicted molar refractivity (Wildman–Crippen MR) is 111 cm³/mol. The van der Waals surface area contributed by atoms with Crippen molar-refractivity contribution in [1.29, 1.82) is 0 Å². The fourth-order valence-corrected chi connectivity index (χ4v) is 3.23. The molecule has 1 aromatic heterocycles. The van der Waals surface area contributed by atoms with Crippen LogP contribution in [0, 0.1) is 13.8 Å². The smallest absolute Gasteiger partial charge is 0.355 e. The van der Waals surface area contributed by atoms with E-state index in [-0.39, 0.29) is 5.97 Å². The Labute approximate surface area is 160 Å². The minimum Gasteiger partial charge on any atom is -0.464 e. The molecule has 3 aromatic rings. The SMILES string of the molecule is COC(=O)c1c(-c2ccc(C)cc2)c(C/C=C/c2ccc(C)cc2)cn1C. The van der Waals surface area contributed by atoms with Gasteiger partial charge in [0, 0.05) is 18.8 Å². The van der Waals surface area contributed by atoms with Crippen molar-refractivity contribution in [2.45, 2.75) is 20.3 Å². The Morgan fingerprint density at radius 1 is 1.00 bits per heavy atom. The van der Waals surface area contributed by atoms with E-state index in [0.29, 0.717) is 5.69 Å². The average molecular weight is 359 g/mol. The molecule has 0 saturated heterocycles. The summed E-state index contributed by atoms with van der Waals surface area (Å²) in [5, 5.41) is 0. The monoisotopic (exact) mass is 359 g/mol. The number of aromatic nitrogens is 1. The largest absolute Gasteiger partial charge is 0.464 e. The Morgan fingerprint density at radius 2 is 1.59 bits per heavy atom. The second-order valence-electron chi connectivity index (χ2n) is 6.86. The van der Waals surface area contributed by atoms with Gasteiger partial charge in [-0.1, -0.05) is 71.8 Å². The Kier molecular flexibility index (Phi) is 5.60. The lowest BCUT2D eigenvalue weighted by molar-refractivity contribution is 0.0591. The van der Waals surface area contributed by atoms with Gasteiger partial charge in [-0.2, -0.15) is 0 Å². The minimum absolute atomic E-state index is 0.318. The van der Waals surface area contributed by atoms with Crippen LogP contribution in [0.3, 0.4) is 0 Å². The molecule has 3 heteroatoms. The van der Waals surface area contributed by atoms with E-state index < -0.39 is 0 Å². The zero-order valence-corrected chi connectivity index (χ0v) is 16.3. The summed E-state index contributed by atoms with van der Waals surface area (Å²) in [6.07, 6.45) is 7.00. The van der Waals surface area contributed by atoms with Gasteiger partial charge in [0.1, 0.15) is 5.69 Å². The van der Waals surface area contributed by atoms with Gasteiger partial charge >= 0.3 is 5.97 Å². The van der Waals surface area contributed by atoms with Gasteiger partial charge in [-0.3, -0.25) is 0 Å². The third-order valence-electron chi connectivity index (χ3n) is 4.70. The summed E-state index contributed by atoms with van der Waals surface area (Å²) in [5.41, 5.74) is 7.26. The van der Waals surface area contributed by atoms with E-state index in [4.69, 9.17) is 4.74 Å². The van der Waals surface area contributed by atoms with E-state index in [9.17, 15) is 4.79 Å². The third-order valence-corrected chi connectivity index (χ3v) is 4.70. The number of hydrogen-bond acceptors (Lipinski definition) is 2. The maximum Gasteiger partial charge on any atom is 0.355 e. The lowest BCUT2D eigenvalue weighted by atomic mass is 9.98. The molecule has 1 heterocycles. The van der Waals surface area contributed by atoms with Crippen LogP contribution < -0.4 is 0 Å². The topological polar surface area (TPSA) is 31.2 Å². The minimum atomic E-state index is -0.318. The van der Waals surface area contributed by atoms with Gasteiger partial charge < -0.3 is 9.30 Å². The van der Waals surface area contributed by atoms with E-state index in [1.807, 2.05) is 17.8 Å². The molecule has 0 unspecified atom stereocenters. The second kappa shape index (κ2) is 8.09. The van der Waals surface area contributed by atoms with Crippen LogP contribution in [0.1, 0.15) is 32.7 Å². The molecule has 0 aliphatic rings. The molecular formula is C24H25NO2. The Hall–Kier alpha value is -3.07. The zero-order chi connectivity index (χ0) is 19.4. The Balaban J connectivity index is 1.98. The fourth-order valence-electron chi connectivity index (χ4n) is 3.23. The molecule has 0 N–H and O–H groups in total. The maximum absolute atomic E-state index is 12.4. The van der Waals surface area contributed by atoms with Crippen molar-refractivity contribution >= 4 is 12.0 Å². The van der Waals surface area contributed by atoms with E-state index >= 15 is 0 Å². The van der Waals surface area contributed by atoms with Crippen LogP contribution >= 0.6 is 0 Å². The van der Waals surface area contributed by atoms with Gasteiger partial charge in [0.15, 0.2) is 0 Å². The van der Waals surface area contributed by atoms with Crippen LogP contribution in [-0.4, -0.2) is 17.6 Å². The van der Waals surface area contributed by atoms with Crippen LogP contribution in [0.5, 0.6) is 0 Å². The second-order valence-corrected chi connectivity index (χ2v) is 6.86. The van der Waals surface area contributed by atoms with Gasteiger partial charge in [0.25, 0.3) is 0 Å². The first-order chi connectivity index (χ1) is 13.0. The number of nitrogens with zero attached hydrogens (tertiary/aromatic N) is 1. The van der Waals surface area contributed by atoms with E-state index in [2.05, 4.69) is 74.5 Å². The van der Waals surface area contributed by atoms with Crippen molar-refractivity contribution in [3.63, 3.8) is 0 Å². The molecule has 2 aromatic carbocycles. The molecule has 0 saturated carbocycles. The molecule has 3 nitrogen and oxygen atoms in total. The van der Waals surface area contributed by atoms with E-state index in [0.717, 1.165) is 23.1 Å². The summed E-state index contributed by atoms with van der Waals surface area (Å²) in [7, 11) is 3.31. The summed E-state index contributed by atoms with van der Waals surface area (Å²) in [6.45, 7) is 4.14. The number of allylic oxidation sites excluding steroid dienone is 1. The molecule has 3 rings (SSSR count). The standard InChI is InChI=1S/C24H25NO2/c1-17-8-12-19(13-9-17)6-5-7-21-16-25(3)23(24(26)27-4)22(21)20-14-10-18(2)11-15-20/h5-6,8-16H,7H2,1-4H3/b6-5+. The van der Waals surface area contributed by atoms with Gasteiger partial charge in [-0.25, -0.2) is 4.79 Å². The highest BCUT2D eigenvalue weighted by Crippen LogP contribution is 2.31. The highest BCUT2D eigenvalue weighted by atomic mass is 16.5. The van der Waals surface area contributed by atoms with Crippen molar-refractivity contribution < 1.29 is 9.53 Å². The van der Waals surface area contributed by atoms with Gasteiger partial charge in [-0.15, -0.1) is 0 Å². The van der Waals surface area contributed by atoms with Crippen LogP contribution in [0.25, 0.3) is 17.2 Å². The number of esters is 1. The molecule has 0 aliphatic carbocycles. The number of benzene rings is 2. The number of carbonyl (C=O) groups excluding carboxylic acids is 1. The lowest BCUT2D eigenvalue weighted by Gasteiger charge is -2.08. The highest BCUT2D eigenvalue weighted by Gasteiger charge is 2.21. The summed E-state index contributed by atoms with van der Waals surface area (Å²) in [4.78, 5) is 12.4. The lowest BCUT2D eigenvalue weighted by Crippen LogP contribution is -2.08. The molecule has 0 aliphatic heterocycles. The van der Waals surface area contributed by atoms with Gasteiger partial charge in [0.2, 0.25) is 0 Å². The van der Waals surface area contributed by atoms with Crippen LogP contribution in [0.15, 0.2) is 60.8 Å². The fraction of sp³-hybridized carbons (Fsp3) is 0.208. The first kappa shape index (κ1) is 18.7. The molecule has 0 spiro atoms. The van der Waals surface area contributed by atoms with Gasteiger partial charge in [0.05, 0.1) is 7.11 Å². The first-order valence-electron chi connectivity index (χ1n) is 9.06. The molecule has 0 fully saturated rings. The first-order valence-corrected chi connectivity index (χ1v) is 9.06. The van der Waals surface area contributed by atoms with Crippen LogP contribution in [0.2, 0.25) is 0 Å². The number of carbonyl (C=O) groups is 1.